The molecule has 2 heterocycles. The molecule has 0 amide bonds. The number of terminal acetylenes is 1. The van der Waals surface area contributed by atoms with E-state index in [0.29, 0.717) is 38.7 Å². The first-order valence-electron chi connectivity index (χ1n) is 12.5. The molecule has 9 heteroatoms. The van der Waals surface area contributed by atoms with E-state index in [1.54, 1.807) is 49.2 Å². The summed E-state index contributed by atoms with van der Waals surface area (Å²) in [5, 5.41) is 0. The number of carbonyl (C=O) groups excluding carboxylic acids is 1. The van der Waals surface area contributed by atoms with E-state index >= 15 is 0 Å². The van der Waals surface area contributed by atoms with E-state index in [1.807, 2.05) is 49.6 Å². The molecule has 0 spiro atoms. The van der Waals surface area contributed by atoms with Crippen LogP contribution in [0.25, 0.3) is 6.08 Å². The van der Waals surface area contributed by atoms with Gasteiger partial charge in [-0.05, 0) is 75.4 Å². The second-order valence-corrected chi connectivity index (χ2v) is 10.8. The molecule has 0 saturated heterocycles. The molecule has 1 aromatic heterocycles. The number of fused-ring (bicyclic) bond motifs is 1. The van der Waals surface area contributed by atoms with E-state index < -0.39 is 12.0 Å². The van der Waals surface area contributed by atoms with Crippen LogP contribution in [0.4, 0.5) is 0 Å². The van der Waals surface area contributed by atoms with Gasteiger partial charge in [-0.3, -0.25) is 9.36 Å². The summed E-state index contributed by atoms with van der Waals surface area (Å²) in [6, 6.07) is 12.6. The number of hydrogen-bond acceptors (Lipinski definition) is 8. The summed E-state index contributed by atoms with van der Waals surface area (Å²) in [4.78, 5) is 33.4. The van der Waals surface area contributed by atoms with Gasteiger partial charge in [0.1, 0.15) is 6.61 Å². The van der Waals surface area contributed by atoms with Gasteiger partial charge in [0.25, 0.3) is 5.56 Å². The van der Waals surface area contributed by atoms with E-state index in [2.05, 4.69) is 10.9 Å². The summed E-state index contributed by atoms with van der Waals surface area (Å²) in [6.45, 7) is 7.82. The van der Waals surface area contributed by atoms with Gasteiger partial charge < -0.3 is 14.2 Å². The van der Waals surface area contributed by atoms with E-state index in [0.717, 1.165) is 16.0 Å². The highest BCUT2D eigenvalue weighted by Crippen LogP contribution is 2.32. The predicted molar refractivity (Wildman–Crippen MR) is 155 cm³/mol. The third-order valence-corrected chi connectivity index (χ3v) is 7.62. The van der Waals surface area contributed by atoms with Crippen molar-refractivity contribution in [2.24, 2.45) is 4.99 Å². The average molecular weight is 563 g/mol. The van der Waals surface area contributed by atoms with E-state index in [1.165, 1.54) is 11.3 Å². The maximum Gasteiger partial charge on any atom is 0.338 e. The van der Waals surface area contributed by atoms with Crippen LogP contribution in [0, 0.1) is 12.3 Å². The number of carbonyl (C=O) groups is 1. The highest BCUT2D eigenvalue weighted by molar-refractivity contribution is 7.98. The number of benzene rings is 2. The molecule has 7 nitrogen and oxygen atoms in total. The molecule has 1 atom stereocenters. The van der Waals surface area contributed by atoms with Crippen molar-refractivity contribution in [1.82, 2.24) is 4.57 Å². The topological polar surface area (TPSA) is 79.1 Å². The Bertz CT molecular complexity index is 1630. The quantitative estimate of drug-likeness (QED) is 0.220. The van der Waals surface area contributed by atoms with Crippen LogP contribution in [0.2, 0.25) is 0 Å². The minimum Gasteiger partial charge on any atom is -0.490 e. The van der Waals surface area contributed by atoms with E-state index in [-0.39, 0.29) is 18.3 Å². The van der Waals surface area contributed by atoms with Crippen LogP contribution in [-0.2, 0) is 9.53 Å². The molecule has 0 saturated carbocycles. The second-order valence-electron chi connectivity index (χ2n) is 8.94. The van der Waals surface area contributed by atoms with Crippen LogP contribution < -0.4 is 24.4 Å². The van der Waals surface area contributed by atoms with Crippen LogP contribution in [0.5, 0.6) is 11.5 Å². The maximum absolute atomic E-state index is 13.9. The summed E-state index contributed by atoms with van der Waals surface area (Å²) in [7, 11) is 0. The lowest BCUT2D eigenvalue weighted by Gasteiger charge is -2.25. The Balaban J connectivity index is 1.87. The van der Waals surface area contributed by atoms with Crippen molar-refractivity contribution in [3.63, 3.8) is 0 Å². The largest absolute Gasteiger partial charge is 0.490 e. The molecular weight excluding hydrogens is 532 g/mol. The van der Waals surface area contributed by atoms with Crippen molar-refractivity contribution in [3.8, 4) is 23.8 Å². The Labute approximate surface area is 235 Å². The molecule has 0 radical (unpaired) electrons. The van der Waals surface area contributed by atoms with Gasteiger partial charge in [-0.1, -0.05) is 35.5 Å². The van der Waals surface area contributed by atoms with Gasteiger partial charge in [0.2, 0.25) is 0 Å². The second kappa shape index (κ2) is 12.4. The first-order valence-corrected chi connectivity index (χ1v) is 14.5. The average Bonchev–Trinajstić information content (AvgIpc) is 3.21. The van der Waals surface area contributed by atoms with Gasteiger partial charge in [-0.25, -0.2) is 9.79 Å². The van der Waals surface area contributed by atoms with Crippen molar-refractivity contribution < 1.29 is 19.0 Å². The van der Waals surface area contributed by atoms with Crippen LogP contribution in [0.1, 0.15) is 44.9 Å². The summed E-state index contributed by atoms with van der Waals surface area (Å²) >= 11 is 2.89. The van der Waals surface area contributed by atoms with Crippen molar-refractivity contribution in [3.05, 3.63) is 84.5 Å². The molecule has 1 aliphatic heterocycles. The molecule has 0 bridgehead atoms. The fourth-order valence-electron chi connectivity index (χ4n) is 4.23. The molecule has 0 N–H and O–H groups in total. The summed E-state index contributed by atoms with van der Waals surface area (Å²) in [6.07, 6.45) is 8.80. The first-order chi connectivity index (χ1) is 18.8. The zero-order chi connectivity index (χ0) is 28.1. The molecular formula is C30H30N2O5S2. The minimum absolute atomic E-state index is 0.122. The third kappa shape index (κ3) is 6.13. The van der Waals surface area contributed by atoms with Gasteiger partial charge in [-0.2, -0.15) is 0 Å². The Hall–Kier alpha value is -3.74. The van der Waals surface area contributed by atoms with Crippen LogP contribution in [-0.4, -0.2) is 36.1 Å². The number of nitrogens with zero attached hydrogens (tertiary/aromatic N) is 2. The van der Waals surface area contributed by atoms with Gasteiger partial charge >= 0.3 is 5.97 Å². The molecule has 202 valence electrons. The Morgan fingerprint density at radius 1 is 1.21 bits per heavy atom. The van der Waals surface area contributed by atoms with Crippen LogP contribution in [0.3, 0.4) is 0 Å². The predicted octanol–water partition coefficient (Wildman–Crippen LogP) is 4.32. The highest BCUT2D eigenvalue weighted by Gasteiger charge is 2.33. The van der Waals surface area contributed by atoms with Crippen LogP contribution in [0.15, 0.2) is 68.4 Å². The molecule has 2 aromatic carbocycles. The smallest absolute Gasteiger partial charge is 0.338 e. The number of thiazole rings is 1. The third-order valence-electron chi connectivity index (χ3n) is 5.89. The molecule has 0 aliphatic carbocycles. The monoisotopic (exact) mass is 562 g/mol. The lowest BCUT2D eigenvalue weighted by atomic mass is 9.96. The fraction of sp³-hybridized carbons (Fsp3) is 0.300. The van der Waals surface area contributed by atoms with Crippen molar-refractivity contribution >= 4 is 35.1 Å². The molecule has 0 unspecified atom stereocenters. The molecule has 1 aliphatic rings. The standard InChI is InChI=1S/C30H30N2O5S2/c1-7-15-36-23-14-9-20(16-24(23)35-8-2)17-25-28(33)32-27(21-10-12-22(38-6)13-11-21)26(29(34)37-18(3)4)19(5)31-30(32)39-25/h1,9-14,16-18,27H,8,15H2,2-6H3/b25-17-/t27-/m0/s1. The summed E-state index contributed by atoms with van der Waals surface area (Å²) < 4.78 is 18.9. The molecule has 0 fully saturated rings. The lowest BCUT2D eigenvalue weighted by molar-refractivity contribution is -0.143. The SMILES string of the molecule is C#CCOc1ccc(/C=c2\sc3n(c2=O)[C@@H](c2ccc(SC)cc2)C(C(=O)OC(C)C)=C(C)N=3)cc1OCC. The van der Waals surface area contributed by atoms with Gasteiger partial charge in [0.15, 0.2) is 16.3 Å². The van der Waals surface area contributed by atoms with E-state index in [9.17, 15) is 9.59 Å². The van der Waals surface area contributed by atoms with Gasteiger partial charge in [0.05, 0.1) is 34.6 Å². The van der Waals surface area contributed by atoms with Crippen molar-refractivity contribution in [1.29, 1.82) is 0 Å². The first kappa shape index (κ1) is 28.3. The zero-order valence-corrected chi connectivity index (χ0v) is 24.2. The normalized spacial score (nSPS) is 15.0. The van der Waals surface area contributed by atoms with Gasteiger partial charge in [-0.15, -0.1) is 18.2 Å². The summed E-state index contributed by atoms with van der Waals surface area (Å²) in [5.74, 6) is 3.04. The zero-order valence-electron chi connectivity index (χ0n) is 22.5. The number of aromatic nitrogens is 1. The Kier molecular flexibility index (Phi) is 9.00. The van der Waals surface area contributed by atoms with Crippen molar-refractivity contribution in [2.45, 2.75) is 44.7 Å². The Morgan fingerprint density at radius 2 is 1.95 bits per heavy atom. The Morgan fingerprint density at radius 3 is 2.59 bits per heavy atom. The lowest BCUT2D eigenvalue weighted by Crippen LogP contribution is -2.40. The molecule has 39 heavy (non-hydrogen) atoms. The summed E-state index contributed by atoms with van der Waals surface area (Å²) in [5.41, 5.74) is 2.20. The minimum atomic E-state index is -0.663. The maximum atomic E-state index is 13.9. The molecule has 4 rings (SSSR count). The van der Waals surface area contributed by atoms with Crippen molar-refractivity contribution in [2.75, 3.05) is 19.5 Å². The van der Waals surface area contributed by atoms with Gasteiger partial charge in [0, 0.05) is 4.90 Å². The van der Waals surface area contributed by atoms with Crippen LogP contribution >= 0.6 is 23.1 Å². The van der Waals surface area contributed by atoms with E-state index in [4.69, 9.17) is 20.6 Å². The fourth-order valence-corrected chi connectivity index (χ4v) is 5.69. The number of allylic oxidation sites excluding steroid dienone is 1. The number of hydrogen-bond donors (Lipinski definition) is 0. The molecule has 3 aromatic rings. The number of esters is 1. The number of ether oxygens (including phenoxy) is 3. The number of thioether (sulfide) groups is 1. The number of rotatable bonds is 9. The highest BCUT2D eigenvalue weighted by atomic mass is 32.2.